The van der Waals surface area contributed by atoms with Crippen molar-refractivity contribution in [2.45, 2.75) is 32.8 Å². The number of anilines is 1. The number of esters is 1. The van der Waals surface area contributed by atoms with E-state index < -0.39 is 18.0 Å². The van der Waals surface area contributed by atoms with E-state index in [9.17, 15) is 9.59 Å². The maximum absolute atomic E-state index is 11.8. The Hall–Kier alpha value is -1.26. The number of amides is 1. The second-order valence-corrected chi connectivity index (χ2v) is 4.84. The van der Waals surface area contributed by atoms with Crippen LogP contribution in [0.5, 0.6) is 0 Å². The highest BCUT2D eigenvalue weighted by atomic mass is 35.5. The number of ether oxygens (including phenoxy) is 1. The van der Waals surface area contributed by atoms with Crippen LogP contribution in [0.2, 0.25) is 10.0 Å². The molecule has 1 N–H and O–H groups in total. The molecule has 19 heavy (non-hydrogen) atoms. The molecule has 0 aliphatic carbocycles. The monoisotopic (exact) mass is 303 g/mol. The van der Waals surface area contributed by atoms with E-state index in [-0.39, 0.29) is 6.42 Å². The summed E-state index contributed by atoms with van der Waals surface area (Å²) >= 11 is 11.7. The van der Waals surface area contributed by atoms with Gasteiger partial charge >= 0.3 is 5.97 Å². The van der Waals surface area contributed by atoms with Gasteiger partial charge in [0, 0.05) is 11.4 Å². The molecule has 0 aromatic heterocycles. The van der Waals surface area contributed by atoms with Gasteiger partial charge in [0.2, 0.25) is 0 Å². The summed E-state index contributed by atoms with van der Waals surface area (Å²) in [6.07, 6.45) is 0.0807. The van der Waals surface area contributed by atoms with E-state index >= 15 is 0 Å². The molecule has 1 atom stereocenters. The van der Waals surface area contributed by atoms with Gasteiger partial charge in [-0.15, -0.1) is 0 Å². The summed E-state index contributed by atoms with van der Waals surface area (Å²) < 4.78 is 4.97. The summed E-state index contributed by atoms with van der Waals surface area (Å²) in [7, 11) is 0. The van der Waals surface area contributed by atoms with Crippen molar-refractivity contribution in [3.05, 3.63) is 28.2 Å². The van der Waals surface area contributed by atoms with Crippen LogP contribution >= 0.6 is 23.2 Å². The van der Waals surface area contributed by atoms with Crippen LogP contribution in [0, 0.1) is 0 Å². The van der Waals surface area contributed by atoms with E-state index in [1.54, 1.807) is 12.1 Å². The normalized spacial score (nSPS) is 11.8. The molecule has 0 aliphatic heterocycles. The van der Waals surface area contributed by atoms with Gasteiger partial charge in [-0.1, -0.05) is 30.1 Å². The number of carbonyl (C=O) groups is 2. The first-order chi connectivity index (χ1) is 8.93. The van der Waals surface area contributed by atoms with Crippen molar-refractivity contribution in [3.63, 3.8) is 0 Å². The molecule has 0 spiro atoms. The molecule has 1 aromatic rings. The van der Waals surface area contributed by atoms with Crippen molar-refractivity contribution in [1.29, 1.82) is 0 Å². The van der Waals surface area contributed by atoms with Crippen LogP contribution in [0.25, 0.3) is 0 Å². The highest BCUT2D eigenvalue weighted by Gasteiger charge is 2.18. The number of nitrogens with one attached hydrogen (secondary N) is 1. The third-order valence-corrected chi connectivity index (χ3v) is 2.88. The number of hydrogen-bond acceptors (Lipinski definition) is 3. The molecule has 6 heteroatoms. The van der Waals surface area contributed by atoms with Crippen LogP contribution < -0.4 is 5.32 Å². The van der Waals surface area contributed by atoms with Crippen LogP contribution in [0.15, 0.2) is 18.2 Å². The topological polar surface area (TPSA) is 55.4 Å². The smallest absolute Gasteiger partial charge is 0.306 e. The molecule has 0 radical (unpaired) electrons. The summed E-state index contributed by atoms with van der Waals surface area (Å²) in [4.78, 5) is 23.1. The third-order valence-electron chi connectivity index (χ3n) is 2.32. The first-order valence-electron chi connectivity index (χ1n) is 5.89. The average molecular weight is 304 g/mol. The fourth-order valence-corrected chi connectivity index (χ4v) is 1.68. The average Bonchev–Trinajstić information content (AvgIpc) is 2.34. The Balaban J connectivity index is 2.63. The van der Waals surface area contributed by atoms with Crippen molar-refractivity contribution < 1.29 is 14.3 Å². The molecular formula is C13H15Cl2NO3. The summed E-state index contributed by atoms with van der Waals surface area (Å²) in [6, 6.07) is 4.72. The molecule has 0 aliphatic rings. The molecule has 0 fully saturated rings. The summed E-state index contributed by atoms with van der Waals surface area (Å²) in [6.45, 7) is 3.36. The quantitative estimate of drug-likeness (QED) is 0.845. The summed E-state index contributed by atoms with van der Waals surface area (Å²) in [5.41, 5.74) is 0.387. The predicted molar refractivity (Wildman–Crippen MR) is 75.6 cm³/mol. The Morgan fingerprint density at radius 2 is 2.05 bits per heavy atom. The van der Waals surface area contributed by atoms with Crippen molar-refractivity contribution >= 4 is 40.8 Å². The van der Waals surface area contributed by atoms with E-state index in [4.69, 9.17) is 27.9 Å². The van der Waals surface area contributed by atoms with Crippen LogP contribution in [-0.4, -0.2) is 18.0 Å². The number of benzene rings is 1. The van der Waals surface area contributed by atoms with E-state index in [0.29, 0.717) is 22.2 Å². The summed E-state index contributed by atoms with van der Waals surface area (Å²) in [5.74, 6) is -0.851. The van der Waals surface area contributed by atoms with Crippen molar-refractivity contribution in [2.75, 3.05) is 5.32 Å². The lowest BCUT2D eigenvalue weighted by molar-refractivity contribution is -0.153. The lowest BCUT2D eigenvalue weighted by atomic mass is 10.3. The van der Waals surface area contributed by atoms with Gasteiger partial charge in [-0.2, -0.15) is 0 Å². The predicted octanol–water partition coefficient (Wildman–Crippen LogP) is 3.66. The fourth-order valence-electron chi connectivity index (χ4n) is 1.34. The third kappa shape index (κ3) is 5.09. The standard InChI is InChI=1S/C13H15Cl2NO3/c1-3-4-12(17)19-8(2)13(18)16-11-7-9(14)5-6-10(11)15/h5-8H,3-4H2,1-2H3,(H,16,18)/t8-/m0/s1. The van der Waals surface area contributed by atoms with Gasteiger partial charge in [-0.05, 0) is 31.5 Å². The maximum atomic E-state index is 11.8. The van der Waals surface area contributed by atoms with Gasteiger partial charge in [-0.25, -0.2) is 0 Å². The maximum Gasteiger partial charge on any atom is 0.306 e. The molecule has 104 valence electrons. The lowest BCUT2D eigenvalue weighted by Gasteiger charge is -2.14. The minimum Gasteiger partial charge on any atom is -0.453 e. The molecule has 1 rings (SSSR count). The summed E-state index contributed by atoms with van der Waals surface area (Å²) in [5, 5.41) is 3.39. The molecule has 4 nitrogen and oxygen atoms in total. The van der Waals surface area contributed by atoms with E-state index in [2.05, 4.69) is 5.32 Å². The first-order valence-corrected chi connectivity index (χ1v) is 6.65. The first kappa shape index (κ1) is 15.8. The van der Waals surface area contributed by atoms with Gasteiger partial charge < -0.3 is 10.1 Å². The minimum atomic E-state index is -0.880. The van der Waals surface area contributed by atoms with Gasteiger partial charge in [-0.3, -0.25) is 9.59 Å². The Labute approximate surface area is 122 Å². The van der Waals surface area contributed by atoms with E-state index in [1.807, 2.05) is 6.92 Å². The Morgan fingerprint density at radius 3 is 2.68 bits per heavy atom. The zero-order chi connectivity index (χ0) is 14.4. The van der Waals surface area contributed by atoms with Crippen LogP contribution in [-0.2, 0) is 14.3 Å². The minimum absolute atomic E-state index is 0.287. The zero-order valence-corrected chi connectivity index (χ0v) is 12.2. The number of halogens is 2. The number of carbonyl (C=O) groups excluding carboxylic acids is 2. The van der Waals surface area contributed by atoms with Crippen molar-refractivity contribution in [3.8, 4) is 0 Å². The van der Waals surface area contributed by atoms with Gasteiger partial charge in [0.05, 0.1) is 10.7 Å². The van der Waals surface area contributed by atoms with Crippen LogP contribution in [0.1, 0.15) is 26.7 Å². The molecule has 0 bridgehead atoms. The molecular weight excluding hydrogens is 289 g/mol. The highest BCUT2D eigenvalue weighted by molar-refractivity contribution is 6.35. The second-order valence-electron chi connectivity index (χ2n) is 4.00. The molecule has 0 unspecified atom stereocenters. The van der Waals surface area contributed by atoms with Crippen LogP contribution in [0.3, 0.4) is 0 Å². The number of rotatable bonds is 5. The zero-order valence-electron chi connectivity index (χ0n) is 10.7. The SMILES string of the molecule is CCCC(=O)O[C@@H](C)C(=O)Nc1cc(Cl)ccc1Cl. The fraction of sp³-hybridized carbons (Fsp3) is 0.385. The molecule has 1 amide bonds. The Bertz CT molecular complexity index is 477. The van der Waals surface area contributed by atoms with Gasteiger partial charge in [0.1, 0.15) is 0 Å². The Morgan fingerprint density at radius 1 is 1.37 bits per heavy atom. The van der Waals surface area contributed by atoms with Crippen LogP contribution in [0.4, 0.5) is 5.69 Å². The van der Waals surface area contributed by atoms with E-state index in [1.165, 1.54) is 13.0 Å². The Kier molecular flexibility index (Phi) is 6.12. The van der Waals surface area contributed by atoms with E-state index in [0.717, 1.165) is 0 Å². The molecule has 0 saturated carbocycles. The van der Waals surface area contributed by atoms with Gasteiger partial charge in [0.25, 0.3) is 5.91 Å². The second kappa shape index (κ2) is 7.36. The number of hydrogen-bond donors (Lipinski definition) is 1. The molecule has 0 saturated heterocycles. The van der Waals surface area contributed by atoms with Crippen molar-refractivity contribution in [2.24, 2.45) is 0 Å². The molecule has 0 heterocycles. The van der Waals surface area contributed by atoms with Gasteiger partial charge in [0.15, 0.2) is 6.10 Å². The molecule has 1 aromatic carbocycles. The lowest BCUT2D eigenvalue weighted by Crippen LogP contribution is -2.30. The highest BCUT2D eigenvalue weighted by Crippen LogP contribution is 2.25. The largest absolute Gasteiger partial charge is 0.453 e. The van der Waals surface area contributed by atoms with Crippen molar-refractivity contribution in [1.82, 2.24) is 0 Å².